The molecule has 0 saturated carbocycles. The molecule has 0 spiro atoms. The largest absolute Gasteiger partial charge is 0.347 e. The van der Waals surface area contributed by atoms with Gasteiger partial charge in [-0.3, -0.25) is 14.4 Å². The smallest absolute Gasteiger partial charge is 0.246 e. The summed E-state index contributed by atoms with van der Waals surface area (Å²) in [4.78, 5) is 37.8. The van der Waals surface area contributed by atoms with Crippen molar-refractivity contribution < 1.29 is 14.4 Å². The predicted molar refractivity (Wildman–Crippen MR) is 112 cm³/mol. The molecule has 8 heteroatoms. The molecule has 0 radical (unpaired) electrons. The summed E-state index contributed by atoms with van der Waals surface area (Å²) in [7, 11) is 0. The number of carbonyl (C=O) groups is 3. The van der Waals surface area contributed by atoms with E-state index < -0.39 is 6.04 Å². The van der Waals surface area contributed by atoms with Crippen LogP contribution in [-0.4, -0.2) is 31.0 Å². The third kappa shape index (κ3) is 8.31. The number of aliphatic imine (C=N–C) groups is 1. The Morgan fingerprint density at radius 2 is 1.86 bits per heavy atom. The molecule has 0 saturated heterocycles. The van der Waals surface area contributed by atoms with Crippen molar-refractivity contribution in [3.8, 4) is 0 Å². The van der Waals surface area contributed by atoms with Gasteiger partial charge in [-0.1, -0.05) is 32.6 Å². The van der Waals surface area contributed by atoms with Crippen molar-refractivity contribution in [3.63, 3.8) is 0 Å². The van der Waals surface area contributed by atoms with Gasteiger partial charge in [0.05, 0.1) is 11.9 Å². The topological polar surface area (TPSA) is 112 Å². The molecule has 28 heavy (non-hydrogen) atoms. The molecule has 1 atom stereocenters. The monoisotopic (exact) mass is 385 g/mol. The van der Waals surface area contributed by atoms with Crippen LogP contribution >= 0.6 is 0 Å². The van der Waals surface area contributed by atoms with Gasteiger partial charge in [-0.05, 0) is 37.5 Å². The first-order valence-electron chi connectivity index (χ1n) is 8.86. The second-order valence-electron chi connectivity index (χ2n) is 6.37. The van der Waals surface area contributed by atoms with Gasteiger partial charge < -0.3 is 21.3 Å². The number of benzene rings is 1. The number of nitrogens with one attached hydrogen (secondary N) is 4. The number of amides is 3. The van der Waals surface area contributed by atoms with E-state index in [4.69, 9.17) is 0 Å². The normalized spacial score (nSPS) is 12.4. The average Bonchev–Trinajstić information content (AvgIpc) is 2.64. The molecule has 150 valence electrons. The molecule has 0 heterocycles. The number of anilines is 2. The molecule has 8 nitrogen and oxygen atoms in total. The van der Waals surface area contributed by atoms with E-state index in [2.05, 4.69) is 32.8 Å². The van der Waals surface area contributed by atoms with Gasteiger partial charge in [-0.2, -0.15) is 0 Å². The minimum absolute atomic E-state index is 0.258. The van der Waals surface area contributed by atoms with Crippen molar-refractivity contribution >= 4 is 36.3 Å². The third-order valence-electron chi connectivity index (χ3n) is 3.61. The van der Waals surface area contributed by atoms with Gasteiger partial charge in [-0.25, -0.2) is 4.99 Å². The Morgan fingerprint density at radius 1 is 1.18 bits per heavy atom. The van der Waals surface area contributed by atoms with Crippen LogP contribution in [0.3, 0.4) is 0 Å². The third-order valence-corrected chi connectivity index (χ3v) is 3.61. The van der Waals surface area contributed by atoms with Crippen molar-refractivity contribution in [2.24, 2.45) is 10.9 Å². The first-order valence-corrected chi connectivity index (χ1v) is 8.86. The zero-order valence-corrected chi connectivity index (χ0v) is 16.4. The number of allylic oxidation sites excluding steroid dienone is 2. The van der Waals surface area contributed by atoms with E-state index in [-0.39, 0.29) is 11.8 Å². The first kappa shape index (κ1) is 22.6. The lowest BCUT2D eigenvalue weighted by atomic mass is 10.0. The van der Waals surface area contributed by atoms with Crippen molar-refractivity contribution in [1.29, 1.82) is 0 Å². The summed E-state index contributed by atoms with van der Waals surface area (Å²) in [5, 5.41) is 10.8. The van der Waals surface area contributed by atoms with E-state index in [9.17, 15) is 14.4 Å². The number of nitrogens with zero attached hydrogens (tertiary/aromatic N) is 1. The van der Waals surface area contributed by atoms with Crippen LogP contribution in [0.5, 0.6) is 0 Å². The standard InChI is InChI=1S/C20H27N5O3/c1-5-16(22-12-26)11-21-15(4)24-17-7-6-8-18(10-17)25-20(28)19(23-13-27)9-14(2)3/h5-8,10-14,19,24H,4,9H2,1-3H3,(H,22,26)(H,23,27)(H,25,28)/b16-5+,21-11-. The number of hydrogen-bond acceptors (Lipinski definition) is 5. The van der Waals surface area contributed by atoms with Crippen LogP contribution in [0.15, 0.2) is 53.4 Å². The Kier molecular flexibility index (Phi) is 9.74. The number of rotatable bonds is 12. The molecular weight excluding hydrogens is 358 g/mol. The SMILES string of the molecule is C=C(/N=C\C(=C/C)NC=O)Nc1cccc(NC(=O)C(CC(C)C)NC=O)c1. The molecular formula is C20H27N5O3. The van der Waals surface area contributed by atoms with Crippen molar-refractivity contribution in [2.75, 3.05) is 10.6 Å². The maximum Gasteiger partial charge on any atom is 0.246 e. The van der Waals surface area contributed by atoms with E-state index in [1.165, 1.54) is 6.21 Å². The lowest BCUT2D eigenvalue weighted by molar-refractivity contribution is -0.121. The minimum atomic E-state index is -0.599. The fourth-order valence-electron chi connectivity index (χ4n) is 2.32. The zero-order chi connectivity index (χ0) is 20.9. The summed E-state index contributed by atoms with van der Waals surface area (Å²) < 4.78 is 0. The van der Waals surface area contributed by atoms with Crippen molar-refractivity contribution in [1.82, 2.24) is 10.6 Å². The maximum absolute atomic E-state index is 12.4. The Hall–Kier alpha value is -3.42. The highest BCUT2D eigenvalue weighted by atomic mass is 16.2. The summed E-state index contributed by atoms with van der Waals surface area (Å²) in [5.41, 5.74) is 1.79. The molecule has 0 aliphatic rings. The first-order chi connectivity index (χ1) is 13.4. The summed E-state index contributed by atoms with van der Waals surface area (Å²) in [5.74, 6) is 0.330. The van der Waals surface area contributed by atoms with Crippen molar-refractivity contribution in [3.05, 3.63) is 48.4 Å². The van der Waals surface area contributed by atoms with Gasteiger partial charge in [0, 0.05) is 11.4 Å². The van der Waals surface area contributed by atoms with E-state index >= 15 is 0 Å². The molecule has 1 unspecified atom stereocenters. The van der Waals surface area contributed by atoms with Crippen LogP contribution in [0.1, 0.15) is 27.2 Å². The van der Waals surface area contributed by atoms with Crippen LogP contribution in [0, 0.1) is 5.92 Å². The lowest BCUT2D eigenvalue weighted by Gasteiger charge is -2.18. The highest BCUT2D eigenvalue weighted by molar-refractivity contribution is 5.96. The van der Waals surface area contributed by atoms with E-state index in [1.807, 2.05) is 13.8 Å². The maximum atomic E-state index is 12.4. The molecule has 4 N–H and O–H groups in total. The van der Waals surface area contributed by atoms with E-state index in [0.717, 1.165) is 0 Å². The lowest BCUT2D eigenvalue weighted by Crippen LogP contribution is -2.40. The fourth-order valence-corrected chi connectivity index (χ4v) is 2.32. The second-order valence-corrected chi connectivity index (χ2v) is 6.37. The molecule has 1 aromatic carbocycles. The van der Waals surface area contributed by atoms with Crippen LogP contribution < -0.4 is 21.3 Å². The molecule has 3 amide bonds. The molecule has 1 rings (SSSR count). The summed E-state index contributed by atoms with van der Waals surface area (Å²) >= 11 is 0. The van der Waals surface area contributed by atoms with Crippen LogP contribution in [-0.2, 0) is 14.4 Å². The molecule has 0 aromatic heterocycles. The highest BCUT2D eigenvalue weighted by Gasteiger charge is 2.19. The van der Waals surface area contributed by atoms with Crippen LogP contribution in [0.2, 0.25) is 0 Å². The van der Waals surface area contributed by atoms with Gasteiger partial charge in [0.2, 0.25) is 18.7 Å². The zero-order valence-electron chi connectivity index (χ0n) is 16.4. The van der Waals surface area contributed by atoms with Crippen LogP contribution in [0.25, 0.3) is 0 Å². The number of hydrogen-bond donors (Lipinski definition) is 4. The number of carbonyl (C=O) groups excluding carboxylic acids is 3. The summed E-state index contributed by atoms with van der Waals surface area (Å²) in [6.45, 7) is 9.53. The van der Waals surface area contributed by atoms with Gasteiger partial charge in [0.1, 0.15) is 11.9 Å². The highest BCUT2D eigenvalue weighted by Crippen LogP contribution is 2.17. The van der Waals surface area contributed by atoms with Gasteiger partial charge in [0.15, 0.2) is 0 Å². The van der Waals surface area contributed by atoms with Gasteiger partial charge in [-0.15, -0.1) is 0 Å². The van der Waals surface area contributed by atoms with Crippen LogP contribution in [0.4, 0.5) is 11.4 Å². The van der Waals surface area contributed by atoms with Gasteiger partial charge in [0.25, 0.3) is 0 Å². The molecule has 0 bridgehead atoms. The van der Waals surface area contributed by atoms with E-state index in [0.29, 0.717) is 42.1 Å². The fraction of sp³-hybridized carbons (Fsp3) is 0.300. The molecule has 0 aliphatic carbocycles. The minimum Gasteiger partial charge on any atom is -0.347 e. The Morgan fingerprint density at radius 3 is 2.43 bits per heavy atom. The molecule has 0 aliphatic heterocycles. The molecule has 1 aromatic rings. The van der Waals surface area contributed by atoms with E-state index in [1.54, 1.807) is 37.3 Å². The summed E-state index contributed by atoms with van der Waals surface area (Å²) in [6, 6.07) is 6.44. The molecule has 0 fully saturated rings. The van der Waals surface area contributed by atoms with Gasteiger partial charge >= 0.3 is 0 Å². The Labute approximate surface area is 165 Å². The quantitative estimate of drug-likeness (QED) is 0.327. The second kappa shape index (κ2) is 12.1. The predicted octanol–water partition coefficient (Wildman–Crippen LogP) is 2.39. The Balaban J connectivity index is 2.76. The summed E-state index contributed by atoms with van der Waals surface area (Å²) in [6.07, 6.45) is 4.80. The average molecular weight is 385 g/mol. The van der Waals surface area contributed by atoms with Crippen molar-refractivity contribution in [2.45, 2.75) is 33.2 Å². The Bertz CT molecular complexity index is 756.